The van der Waals surface area contributed by atoms with Crippen LogP contribution >= 0.6 is 0 Å². The number of rotatable bonds is 6. The molecule has 1 unspecified atom stereocenters. The van der Waals surface area contributed by atoms with Crippen molar-refractivity contribution in [2.24, 2.45) is 5.92 Å². The molecule has 0 aromatic heterocycles. The van der Waals surface area contributed by atoms with Gasteiger partial charge in [-0.15, -0.1) is 0 Å². The van der Waals surface area contributed by atoms with Crippen molar-refractivity contribution in [2.75, 3.05) is 13.7 Å². The van der Waals surface area contributed by atoms with Crippen LogP contribution in [0, 0.1) is 5.92 Å². The lowest BCUT2D eigenvalue weighted by molar-refractivity contribution is 0.0689. The summed E-state index contributed by atoms with van der Waals surface area (Å²) in [6.07, 6.45) is 0.510. The fourth-order valence-electron chi connectivity index (χ4n) is 1.42. The van der Waals surface area contributed by atoms with Gasteiger partial charge in [0.2, 0.25) is 0 Å². The Bertz CT molecular complexity index is 347. The van der Waals surface area contributed by atoms with Crippen LogP contribution in [0.5, 0.6) is 11.5 Å². The Hall–Kier alpha value is -1.22. The van der Waals surface area contributed by atoms with Gasteiger partial charge in [0.15, 0.2) is 11.5 Å². The minimum absolute atomic E-state index is 0.191. The minimum Gasteiger partial charge on any atom is -0.493 e. The number of benzene rings is 1. The molecule has 0 aliphatic rings. The van der Waals surface area contributed by atoms with Crippen molar-refractivity contribution in [3.8, 4) is 11.5 Å². The van der Waals surface area contributed by atoms with Gasteiger partial charge >= 0.3 is 0 Å². The second-order valence-electron chi connectivity index (χ2n) is 4.46. The van der Waals surface area contributed by atoms with Crippen molar-refractivity contribution in [3.05, 3.63) is 23.8 Å². The third-order valence-electron chi connectivity index (χ3n) is 2.82. The Kier molecular flexibility index (Phi) is 5.29. The van der Waals surface area contributed by atoms with Crippen LogP contribution < -0.4 is 9.47 Å². The first kappa shape index (κ1) is 13.8. The van der Waals surface area contributed by atoms with Crippen LogP contribution in [0.25, 0.3) is 0 Å². The van der Waals surface area contributed by atoms with Gasteiger partial charge in [-0.3, -0.25) is 0 Å². The lowest BCUT2D eigenvalue weighted by atomic mass is 10.1. The normalized spacial score (nSPS) is 12.6. The molecular formula is C14H22O3. The van der Waals surface area contributed by atoms with E-state index in [9.17, 15) is 5.11 Å². The van der Waals surface area contributed by atoms with Crippen molar-refractivity contribution >= 4 is 0 Å². The summed E-state index contributed by atoms with van der Waals surface area (Å²) in [6.45, 7) is 6.31. The van der Waals surface area contributed by atoms with Crippen LogP contribution in [0.1, 0.15) is 26.3 Å². The average Bonchev–Trinajstić information content (AvgIpc) is 2.35. The van der Waals surface area contributed by atoms with E-state index < -0.39 is 6.10 Å². The molecule has 1 rings (SSSR count). The highest BCUT2D eigenvalue weighted by Gasteiger charge is 2.12. The summed E-state index contributed by atoms with van der Waals surface area (Å²) in [5.74, 6) is 1.60. The average molecular weight is 238 g/mol. The quantitative estimate of drug-likeness (QED) is 0.828. The Labute approximate surface area is 103 Å². The molecule has 0 saturated carbocycles. The molecule has 0 aliphatic heterocycles. The number of ether oxygens (including phenoxy) is 2. The van der Waals surface area contributed by atoms with Gasteiger partial charge in [-0.05, 0) is 30.0 Å². The van der Waals surface area contributed by atoms with E-state index in [1.165, 1.54) is 5.56 Å². The van der Waals surface area contributed by atoms with Gasteiger partial charge in [-0.25, -0.2) is 0 Å². The molecule has 0 bridgehead atoms. The summed E-state index contributed by atoms with van der Waals surface area (Å²) in [4.78, 5) is 0. The number of hydrogen-bond donors (Lipinski definition) is 1. The fourth-order valence-corrected chi connectivity index (χ4v) is 1.42. The van der Waals surface area contributed by atoms with Crippen LogP contribution in [-0.4, -0.2) is 24.9 Å². The lowest BCUT2D eigenvalue weighted by Crippen LogP contribution is -2.23. The Morgan fingerprint density at radius 2 is 1.94 bits per heavy atom. The molecule has 0 amide bonds. The van der Waals surface area contributed by atoms with Crippen molar-refractivity contribution < 1.29 is 14.6 Å². The Balaban J connectivity index is 2.70. The molecule has 1 atom stereocenters. The number of methoxy groups -OCH3 is 1. The predicted molar refractivity (Wildman–Crippen MR) is 68.7 cm³/mol. The van der Waals surface area contributed by atoms with Crippen LogP contribution in [0.4, 0.5) is 0 Å². The molecule has 3 nitrogen and oxygen atoms in total. The minimum atomic E-state index is -0.453. The van der Waals surface area contributed by atoms with Crippen molar-refractivity contribution in [1.29, 1.82) is 0 Å². The number of hydrogen-bond acceptors (Lipinski definition) is 3. The predicted octanol–water partition coefficient (Wildman–Crippen LogP) is 2.65. The molecule has 0 saturated heterocycles. The zero-order chi connectivity index (χ0) is 12.8. The zero-order valence-corrected chi connectivity index (χ0v) is 11.1. The Morgan fingerprint density at radius 3 is 2.47 bits per heavy atom. The molecule has 1 aromatic carbocycles. The molecule has 0 aliphatic carbocycles. The van der Waals surface area contributed by atoms with Crippen molar-refractivity contribution in [2.45, 2.75) is 33.3 Å². The maximum atomic E-state index is 9.69. The SMILES string of the molecule is CCc1ccc(OCC(O)C(C)C)c(OC)c1. The number of aliphatic hydroxyl groups is 1. The van der Waals surface area contributed by atoms with E-state index in [-0.39, 0.29) is 5.92 Å². The third kappa shape index (κ3) is 3.93. The van der Waals surface area contributed by atoms with Crippen LogP contribution in [0.15, 0.2) is 18.2 Å². The summed E-state index contributed by atoms with van der Waals surface area (Å²) in [5.41, 5.74) is 1.21. The second kappa shape index (κ2) is 6.50. The first-order chi connectivity index (χ1) is 8.08. The zero-order valence-electron chi connectivity index (χ0n) is 11.1. The molecule has 96 valence electrons. The van der Waals surface area contributed by atoms with E-state index >= 15 is 0 Å². The highest BCUT2D eigenvalue weighted by molar-refractivity contribution is 5.42. The maximum absolute atomic E-state index is 9.69. The lowest BCUT2D eigenvalue weighted by Gasteiger charge is -2.17. The summed E-state index contributed by atoms with van der Waals surface area (Å²) in [7, 11) is 1.63. The van der Waals surface area contributed by atoms with Gasteiger partial charge < -0.3 is 14.6 Å². The van der Waals surface area contributed by atoms with Crippen LogP contribution in [-0.2, 0) is 6.42 Å². The smallest absolute Gasteiger partial charge is 0.161 e. The fraction of sp³-hybridized carbons (Fsp3) is 0.571. The Morgan fingerprint density at radius 1 is 1.24 bits per heavy atom. The van der Waals surface area contributed by atoms with Gasteiger partial charge in [0, 0.05) is 0 Å². The molecule has 0 fully saturated rings. The van der Waals surface area contributed by atoms with Gasteiger partial charge in [0.05, 0.1) is 13.2 Å². The molecule has 0 spiro atoms. The largest absolute Gasteiger partial charge is 0.493 e. The van der Waals surface area contributed by atoms with Gasteiger partial charge in [0.1, 0.15) is 6.61 Å². The third-order valence-corrected chi connectivity index (χ3v) is 2.82. The first-order valence-corrected chi connectivity index (χ1v) is 6.06. The second-order valence-corrected chi connectivity index (χ2v) is 4.46. The molecule has 17 heavy (non-hydrogen) atoms. The standard InChI is InChI=1S/C14H22O3/c1-5-11-6-7-13(14(8-11)16-4)17-9-12(15)10(2)3/h6-8,10,12,15H,5,9H2,1-4H3. The topological polar surface area (TPSA) is 38.7 Å². The molecule has 1 aromatic rings. The molecule has 1 N–H and O–H groups in total. The first-order valence-electron chi connectivity index (χ1n) is 6.06. The van der Waals surface area contributed by atoms with E-state index in [1.54, 1.807) is 7.11 Å². The summed E-state index contributed by atoms with van der Waals surface area (Å²) in [6, 6.07) is 5.88. The van der Waals surface area contributed by atoms with Crippen molar-refractivity contribution in [3.63, 3.8) is 0 Å². The van der Waals surface area contributed by atoms with Crippen LogP contribution in [0.3, 0.4) is 0 Å². The summed E-state index contributed by atoms with van der Waals surface area (Å²) in [5, 5.41) is 9.69. The monoisotopic (exact) mass is 238 g/mol. The van der Waals surface area contributed by atoms with Gasteiger partial charge in [-0.1, -0.05) is 26.8 Å². The van der Waals surface area contributed by atoms with E-state index in [4.69, 9.17) is 9.47 Å². The molecule has 3 heteroatoms. The van der Waals surface area contributed by atoms with Gasteiger partial charge in [-0.2, -0.15) is 0 Å². The highest BCUT2D eigenvalue weighted by atomic mass is 16.5. The van der Waals surface area contributed by atoms with Gasteiger partial charge in [0.25, 0.3) is 0 Å². The maximum Gasteiger partial charge on any atom is 0.161 e. The summed E-state index contributed by atoms with van der Waals surface area (Å²) >= 11 is 0. The molecular weight excluding hydrogens is 216 g/mol. The van der Waals surface area contributed by atoms with E-state index in [0.717, 1.165) is 12.2 Å². The van der Waals surface area contributed by atoms with E-state index in [1.807, 2.05) is 32.0 Å². The molecule has 0 radical (unpaired) electrons. The number of aryl methyl sites for hydroxylation is 1. The van der Waals surface area contributed by atoms with E-state index in [2.05, 4.69) is 6.92 Å². The number of aliphatic hydroxyl groups excluding tert-OH is 1. The highest BCUT2D eigenvalue weighted by Crippen LogP contribution is 2.28. The summed E-state index contributed by atoms with van der Waals surface area (Å²) < 4.78 is 10.8. The van der Waals surface area contributed by atoms with Crippen LogP contribution in [0.2, 0.25) is 0 Å². The van der Waals surface area contributed by atoms with Crippen molar-refractivity contribution in [1.82, 2.24) is 0 Å². The van der Waals surface area contributed by atoms with E-state index in [0.29, 0.717) is 12.4 Å². The molecule has 0 heterocycles.